The van der Waals surface area contributed by atoms with Crippen LogP contribution in [0.15, 0.2) is 17.5 Å². The Balaban J connectivity index is 1.67. The van der Waals surface area contributed by atoms with E-state index in [2.05, 4.69) is 5.32 Å². The van der Waals surface area contributed by atoms with Crippen molar-refractivity contribution in [3.05, 3.63) is 22.4 Å². The zero-order valence-corrected chi connectivity index (χ0v) is 11.0. The Hall–Kier alpha value is -1.40. The third kappa shape index (κ3) is 3.08. The molecule has 0 aromatic carbocycles. The van der Waals surface area contributed by atoms with Gasteiger partial charge in [-0.2, -0.15) is 0 Å². The van der Waals surface area contributed by atoms with Gasteiger partial charge in [0.15, 0.2) is 0 Å². The van der Waals surface area contributed by atoms with Gasteiger partial charge in [0.25, 0.3) is 5.91 Å². The normalized spacial score (nSPS) is 17.1. The van der Waals surface area contributed by atoms with Crippen LogP contribution in [0.3, 0.4) is 0 Å². The molecule has 2 N–H and O–H groups in total. The summed E-state index contributed by atoms with van der Waals surface area (Å²) >= 11 is 1.37. The van der Waals surface area contributed by atoms with Crippen LogP contribution in [0.4, 0.5) is 0 Å². The standard InChI is InChI=1S/C12H16N2O3S/c1-12(17)7-14(8-12)10(15)4-5-13-11(16)9-3-2-6-18-9/h2-3,6,17H,4-5,7-8H2,1H3,(H,13,16). The van der Waals surface area contributed by atoms with Crippen molar-refractivity contribution in [1.82, 2.24) is 10.2 Å². The molecular formula is C12H16N2O3S. The molecular weight excluding hydrogens is 252 g/mol. The zero-order valence-electron chi connectivity index (χ0n) is 10.2. The van der Waals surface area contributed by atoms with Gasteiger partial charge in [-0.3, -0.25) is 9.59 Å². The maximum absolute atomic E-state index is 11.6. The van der Waals surface area contributed by atoms with Crippen LogP contribution in [0.1, 0.15) is 23.0 Å². The number of aliphatic hydroxyl groups is 1. The van der Waals surface area contributed by atoms with E-state index in [1.54, 1.807) is 17.9 Å². The third-order valence-corrected chi connectivity index (χ3v) is 3.65. The highest BCUT2D eigenvalue weighted by Gasteiger charge is 2.38. The van der Waals surface area contributed by atoms with Gasteiger partial charge in [-0.1, -0.05) is 6.07 Å². The molecule has 2 amide bonds. The number of likely N-dealkylation sites (tertiary alicyclic amines) is 1. The molecule has 1 aliphatic rings. The molecule has 0 spiro atoms. The van der Waals surface area contributed by atoms with E-state index in [1.807, 2.05) is 11.4 Å². The lowest BCUT2D eigenvalue weighted by atomic mass is 9.96. The summed E-state index contributed by atoms with van der Waals surface area (Å²) in [6.07, 6.45) is 0.271. The van der Waals surface area contributed by atoms with E-state index in [4.69, 9.17) is 0 Å². The second-order valence-corrected chi connectivity index (χ2v) is 5.68. The molecule has 6 heteroatoms. The molecule has 5 nitrogen and oxygen atoms in total. The molecule has 0 aliphatic carbocycles. The number of β-amino-alcohol motifs (C(OH)–C–C–N with tert-alkyl or cyclic N) is 1. The topological polar surface area (TPSA) is 69.6 Å². The Bertz CT molecular complexity index is 434. The maximum Gasteiger partial charge on any atom is 0.261 e. The lowest BCUT2D eigenvalue weighted by Gasteiger charge is -2.44. The summed E-state index contributed by atoms with van der Waals surface area (Å²) in [4.78, 5) is 25.5. The van der Waals surface area contributed by atoms with Crippen molar-refractivity contribution in [1.29, 1.82) is 0 Å². The zero-order chi connectivity index (χ0) is 13.2. The number of rotatable bonds is 4. The summed E-state index contributed by atoms with van der Waals surface area (Å²) in [5.41, 5.74) is -0.740. The van der Waals surface area contributed by atoms with Crippen molar-refractivity contribution in [3.8, 4) is 0 Å². The second-order valence-electron chi connectivity index (χ2n) is 4.73. The predicted molar refractivity (Wildman–Crippen MR) is 68.5 cm³/mol. The van der Waals surface area contributed by atoms with Crippen molar-refractivity contribution >= 4 is 23.2 Å². The summed E-state index contributed by atoms with van der Waals surface area (Å²) in [7, 11) is 0. The molecule has 98 valence electrons. The van der Waals surface area contributed by atoms with Crippen LogP contribution in [0.2, 0.25) is 0 Å². The minimum absolute atomic E-state index is 0.0343. The Kier molecular flexibility index (Phi) is 3.68. The molecule has 1 fully saturated rings. The molecule has 1 saturated heterocycles. The second kappa shape index (κ2) is 5.07. The van der Waals surface area contributed by atoms with Crippen molar-refractivity contribution < 1.29 is 14.7 Å². The van der Waals surface area contributed by atoms with Crippen LogP contribution in [-0.2, 0) is 4.79 Å². The number of carbonyl (C=O) groups is 2. The van der Waals surface area contributed by atoms with E-state index in [0.29, 0.717) is 24.5 Å². The van der Waals surface area contributed by atoms with E-state index in [-0.39, 0.29) is 18.2 Å². The molecule has 2 rings (SSSR count). The number of carbonyl (C=O) groups excluding carboxylic acids is 2. The maximum atomic E-state index is 11.6. The minimum Gasteiger partial charge on any atom is -0.386 e. The number of hydrogen-bond acceptors (Lipinski definition) is 4. The number of nitrogens with zero attached hydrogens (tertiary/aromatic N) is 1. The molecule has 2 heterocycles. The number of hydrogen-bond donors (Lipinski definition) is 2. The highest BCUT2D eigenvalue weighted by Crippen LogP contribution is 2.20. The van der Waals surface area contributed by atoms with Gasteiger partial charge in [0.1, 0.15) is 0 Å². The average Bonchev–Trinajstić information content (AvgIpc) is 2.78. The van der Waals surface area contributed by atoms with Crippen LogP contribution in [0.5, 0.6) is 0 Å². The summed E-state index contributed by atoms with van der Waals surface area (Å²) in [5, 5.41) is 14.0. The molecule has 1 aromatic rings. The number of nitrogens with one attached hydrogen (secondary N) is 1. The largest absolute Gasteiger partial charge is 0.386 e. The van der Waals surface area contributed by atoms with Crippen LogP contribution < -0.4 is 5.32 Å². The Morgan fingerprint density at radius 2 is 2.28 bits per heavy atom. The lowest BCUT2D eigenvalue weighted by molar-refractivity contribution is -0.152. The van der Waals surface area contributed by atoms with E-state index in [9.17, 15) is 14.7 Å². The molecule has 0 unspecified atom stereocenters. The molecule has 1 aliphatic heterocycles. The first kappa shape index (κ1) is 13.0. The van der Waals surface area contributed by atoms with Gasteiger partial charge in [-0.05, 0) is 18.4 Å². The first-order valence-corrected chi connectivity index (χ1v) is 6.68. The van der Waals surface area contributed by atoms with Crippen molar-refractivity contribution in [3.63, 3.8) is 0 Å². The van der Waals surface area contributed by atoms with Crippen molar-refractivity contribution in [2.45, 2.75) is 18.9 Å². The van der Waals surface area contributed by atoms with Gasteiger partial charge in [-0.25, -0.2) is 0 Å². The highest BCUT2D eigenvalue weighted by molar-refractivity contribution is 7.12. The van der Waals surface area contributed by atoms with Gasteiger partial charge < -0.3 is 15.3 Å². The monoisotopic (exact) mass is 268 g/mol. The molecule has 18 heavy (non-hydrogen) atoms. The van der Waals surface area contributed by atoms with Crippen LogP contribution in [0, 0.1) is 0 Å². The van der Waals surface area contributed by atoms with Crippen molar-refractivity contribution in [2.75, 3.05) is 19.6 Å². The van der Waals surface area contributed by atoms with Crippen molar-refractivity contribution in [2.24, 2.45) is 0 Å². The fourth-order valence-corrected chi connectivity index (χ4v) is 2.53. The van der Waals surface area contributed by atoms with Gasteiger partial charge in [0.05, 0.1) is 23.6 Å². The Morgan fingerprint density at radius 3 is 2.83 bits per heavy atom. The summed E-state index contributed by atoms with van der Waals surface area (Å²) in [5.74, 6) is -0.179. The molecule has 0 bridgehead atoms. The lowest BCUT2D eigenvalue weighted by Crippen LogP contribution is -2.61. The molecule has 0 radical (unpaired) electrons. The van der Waals surface area contributed by atoms with Gasteiger partial charge >= 0.3 is 0 Å². The van der Waals surface area contributed by atoms with Gasteiger partial charge in [0, 0.05) is 13.0 Å². The molecule has 0 saturated carbocycles. The van der Waals surface area contributed by atoms with Gasteiger partial charge in [-0.15, -0.1) is 11.3 Å². The first-order chi connectivity index (χ1) is 8.48. The average molecular weight is 268 g/mol. The van der Waals surface area contributed by atoms with E-state index in [0.717, 1.165) is 0 Å². The summed E-state index contributed by atoms with van der Waals surface area (Å²) in [6, 6.07) is 3.56. The van der Waals surface area contributed by atoms with E-state index >= 15 is 0 Å². The fourth-order valence-electron chi connectivity index (χ4n) is 1.89. The minimum atomic E-state index is -0.740. The first-order valence-electron chi connectivity index (χ1n) is 5.80. The predicted octanol–water partition coefficient (Wildman–Crippen LogP) is 0.461. The van der Waals surface area contributed by atoms with E-state index < -0.39 is 5.60 Å². The summed E-state index contributed by atoms with van der Waals surface area (Å²) in [6.45, 7) is 2.79. The number of amides is 2. The van der Waals surface area contributed by atoms with Crippen LogP contribution in [0.25, 0.3) is 0 Å². The third-order valence-electron chi connectivity index (χ3n) is 2.79. The quantitative estimate of drug-likeness (QED) is 0.833. The SMILES string of the molecule is CC1(O)CN(C(=O)CCNC(=O)c2cccs2)C1. The van der Waals surface area contributed by atoms with Crippen LogP contribution >= 0.6 is 11.3 Å². The smallest absolute Gasteiger partial charge is 0.261 e. The number of thiophene rings is 1. The van der Waals surface area contributed by atoms with E-state index in [1.165, 1.54) is 11.3 Å². The molecule has 0 atom stereocenters. The Labute approximate surface area is 109 Å². The van der Waals surface area contributed by atoms with Gasteiger partial charge in [0.2, 0.25) is 5.91 Å². The summed E-state index contributed by atoms with van der Waals surface area (Å²) < 4.78 is 0. The highest BCUT2D eigenvalue weighted by atomic mass is 32.1. The van der Waals surface area contributed by atoms with Crippen LogP contribution in [-0.4, -0.2) is 47.1 Å². The Morgan fingerprint density at radius 1 is 1.56 bits per heavy atom. The fraction of sp³-hybridized carbons (Fsp3) is 0.500. The molecule has 1 aromatic heterocycles.